The summed E-state index contributed by atoms with van der Waals surface area (Å²) in [5.41, 5.74) is 0. The third kappa shape index (κ3) is 5.39. The van der Waals surface area contributed by atoms with Gasteiger partial charge in [-0.05, 0) is 51.0 Å². The largest absolute Gasteiger partial charge is 0.469 e. The van der Waals surface area contributed by atoms with Crippen LogP contribution in [0.3, 0.4) is 0 Å². The number of aryl methyl sites for hydroxylation is 1. The second-order valence-electron chi connectivity index (χ2n) is 6.39. The molecule has 3 heterocycles. The highest BCUT2D eigenvalue weighted by Crippen LogP contribution is 2.16. The predicted molar refractivity (Wildman–Crippen MR) is 96.7 cm³/mol. The Kier molecular flexibility index (Phi) is 6.17. The topological polar surface area (TPSA) is 71.9 Å². The first kappa shape index (κ1) is 17.6. The number of nitrogens with one attached hydrogen (secondary N) is 2. The van der Waals surface area contributed by atoms with Crippen LogP contribution in [-0.2, 0) is 11.2 Å². The fourth-order valence-electron chi connectivity index (χ4n) is 2.86. The van der Waals surface area contributed by atoms with Crippen molar-refractivity contribution >= 4 is 5.96 Å². The van der Waals surface area contributed by atoms with E-state index in [4.69, 9.17) is 18.6 Å². The Morgan fingerprint density at radius 1 is 1.36 bits per heavy atom. The summed E-state index contributed by atoms with van der Waals surface area (Å²) in [5, 5.41) is 6.78. The van der Waals surface area contributed by atoms with Crippen molar-refractivity contribution in [3.8, 4) is 0 Å². The Hall–Kier alpha value is -2.21. The summed E-state index contributed by atoms with van der Waals surface area (Å²) in [7, 11) is 0. The third-order valence-corrected chi connectivity index (χ3v) is 4.26. The molecule has 3 rings (SSSR count). The fourth-order valence-corrected chi connectivity index (χ4v) is 2.86. The lowest BCUT2D eigenvalue weighted by Gasteiger charge is -2.17. The van der Waals surface area contributed by atoms with Gasteiger partial charge in [0.1, 0.15) is 17.3 Å². The highest BCUT2D eigenvalue weighted by atomic mass is 16.5. The smallest absolute Gasteiger partial charge is 0.191 e. The van der Waals surface area contributed by atoms with Crippen molar-refractivity contribution in [3.63, 3.8) is 0 Å². The van der Waals surface area contributed by atoms with Crippen LogP contribution in [0.5, 0.6) is 0 Å². The van der Waals surface area contributed by atoms with Crippen LogP contribution >= 0.6 is 0 Å². The summed E-state index contributed by atoms with van der Waals surface area (Å²) >= 11 is 0. The van der Waals surface area contributed by atoms with Gasteiger partial charge in [0.25, 0.3) is 0 Å². The average Bonchev–Trinajstić information content (AvgIpc) is 3.35. The third-order valence-electron chi connectivity index (χ3n) is 4.26. The van der Waals surface area contributed by atoms with Gasteiger partial charge in [-0.3, -0.25) is 4.99 Å². The molecular formula is C19H27N3O3. The van der Waals surface area contributed by atoms with Gasteiger partial charge in [-0.2, -0.15) is 0 Å². The highest BCUT2D eigenvalue weighted by molar-refractivity contribution is 5.80. The zero-order chi connectivity index (χ0) is 17.5. The minimum absolute atomic E-state index is 0.0352. The molecule has 2 aromatic rings. The summed E-state index contributed by atoms with van der Waals surface area (Å²) < 4.78 is 16.7. The van der Waals surface area contributed by atoms with Gasteiger partial charge in [-0.15, -0.1) is 0 Å². The summed E-state index contributed by atoms with van der Waals surface area (Å²) in [6, 6.07) is 7.88. The lowest BCUT2D eigenvalue weighted by molar-refractivity contribution is 0.117. The van der Waals surface area contributed by atoms with Crippen LogP contribution in [0.4, 0.5) is 0 Å². The van der Waals surface area contributed by atoms with Gasteiger partial charge >= 0.3 is 0 Å². The van der Waals surface area contributed by atoms with Crippen molar-refractivity contribution in [1.82, 2.24) is 10.6 Å². The lowest BCUT2D eigenvalue weighted by Crippen LogP contribution is -2.40. The van der Waals surface area contributed by atoms with Crippen molar-refractivity contribution in [1.29, 1.82) is 0 Å². The van der Waals surface area contributed by atoms with E-state index in [1.807, 2.05) is 31.2 Å². The molecule has 6 heteroatoms. The van der Waals surface area contributed by atoms with E-state index < -0.39 is 0 Å². The molecule has 0 amide bonds. The van der Waals surface area contributed by atoms with Crippen LogP contribution in [-0.4, -0.2) is 31.8 Å². The van der Waals surface area contributed by atoms with E-state index in [1.165, 1.54) is 0 Å². The Bertz CT molecular complexity index is 657. The molecule has 1 aliphatic heterocycles. The maximum absolute atomic E-state index is 5.70. The number of hydrogen-bond acceptors (Lipinski definition) is 4. The molecule has 25 heavy (non-hydrogen) atoms. The lowest BCUT2D eigenvalue weighted by atomic mass is 10.2. The maximum Gasteiger partial charge on any atom is 0.191 e. The van der Waals surface area contributed by atoms with E-state index in [2.05, 4.69) is 17.6 Å². The Balaban J connectivity index is 1.57. The molecule has 0 aliphatic carbocycles. The number of furan rings is 2. The standard InChI is InChI=1S/C19H27N3O3/c1-14-7-8-18(25-14)15(2)22-19(21-13-17-6-4-12-24-17)20-10-9-16-5-3-11-23-16/h3,5,7-8,11,15,17H,4,6,9-10,12-13H2,1-2H3,(H2,20,21,22). The first-order chi connectivity index (χ1) is 12.2. The molecule has 2 unspecified atom stereocenters. The van der Waals surface area contributed by atoms with Gasteiger partial charge in [0.15, 0.2) is 5.96 Å². The Morgan fingerprint density at radius 3 is 2.96 bits per heavy atom. The average molecular weight is 345 g/mol. The maximum atomic E-state index is 5.70. The number of rotatable bonds is 7. The molecule has 0 saturated carbocycles. The molecular weight excluding hydrogens is 318 g/mol. The fraction of sp³-hybridized carbons (Fsp3) is 0.526. The highest BCUT2D eigenvalue weighted by Gasteiger charge is 2.16. The zero-order valence-corrected chi connectivity index (χ0v) is 15.0. The van der Waals surface area contributed by atoms with Gasteiger partial charge in [0.05, 0.1) is 25.0 Å². The predicted octanol–water partition coefficient (Wildman–Crippen LogP) is 3.20. The second-order valence-corrected chi connectivity index (χ2v) is 6.39. The first-order valence-corrected chi connectivity index (χ1v) is 8.96. The van der Waals surface area contributed by atoms with Crippen LogP contribution in [0, 0.1) is 6.92 Å². The zero-order valence-electron chi connectivity index (χ0n) is 15.0. The van der Waals surface area contributed by atoms with E-state index in [-0.39, 0.29) is 12.1 Å². The van der Waals surface area contributed by atoms with Gasteiger partial charge in [-0.1, -0.05) is 0 Å². The normalized spacial score (nSPS) is 19.1. The molecule has 1 fully saturated rings. The van der Waals surface area contributed by atoms with Crippen LogP contribution in [0.1, 0.15) is 43.1 Å². The number of nitrogens with zero attached hydrogens (tertiary/aromatic N) is 1. The van der Waals surface area contributed by atoms with Crippen LogP contribution in [0.25, 0.3) is 0 Å². The van der Waals surface area contributed by atoms with E-state index in [0.717, 1.165) is 55.7 Å². The molecule has 1 aliphatic rings. The summed E-state index contributed by atoms with van der Waals surface area (Å²) in [6.07, 6.45) is 4.93. The van der Waals surface area contributed by atoms with E-state index >= 15 is 0 Å². The van der Waals surface area contributed by atoms with E-state index in [0.29, 0.717) is 6.54 Å². The molecule has 2 atom stereocenters. The Morgan fingerprint density at radius 2 is 2.28 bits per heavy atom. The van der Waals surface area contributed by atoms with E-state index in [1.54, 1.807) is 6.26 Å². The number of hydrogen-bond donors (Lipinski definition) is 2. The quantitative estimate of drug-likeness (QED) is 0.595. The number of aliphatic imine (C=N–C) groups is 1. The molecule has 0 aromatic carbocycles. The summed E-state index contributed by atoms with van der Waals surface area (Å²) in [4.78, 5) is 4.69. The van der Waals surface area contributed by atoms with Crippen molar-refractivity contribution in [3.05, 3.63) is 47.8 Å². The molecule has 1 saturated heterocycles. The minimum atomic E-state index is 0.0352. The SMILES string of the molecule is Cc1ccc(C(C)NC(=NCC2CCCO2)NCCc2ccco2)o1. The second kappa shape index (κ2) is 8.76. The first-order valence-electron chi connectivity index (χ1n) is 8.96. The summed E-state index contributed by atoms with van der Waals surface area (Å²) in [5.74, 6) is 3.53. The van der Waals surface area contributed by atoms with Crippen molar-refractivity contribution in [2.75, 3.05) is 19.7 Å². The molecule has 6 nitrogen and oxygen atoms in total. The monoisotopic (exact) mass is 345 g/mol. The number of guanidine groups is 1. The molecule has 0 bridgehead atoms. The molecule has 2 N–H and O–H groups in total. The van der Waals surface area contributed by atoms with Gasteiger partial charge in [0.2, 0.25) is 0 Å². The molecule has 2 aromatic heterocycles. The Labute approximate surface area is 148 Å². The van der Waals surface area contributed by atoms with E-state index in [9.17, 15) is 0 Å². The minimum Gasteiger partial charge on any atom is -0.469 e. The van der Waals surface area contributed by atoms with Crippen LogP contribution in [0.15, 0.2) is 44.4 Å². The van der Waals surface area contributed by atoms with Crippen molar-refractivity contribution in [2.45, 2.75) is 45.3 Å². The molecule has 0 spiro atoms. The van der Waals surface area contributed by atoms with Gasteiger partial charge < -0.3 is 24.2 Å². The van der Waals surface area contributed by atoms with Gasteiger partial charge in [0, 0.05) is 19.6 Å². The molecule has 136 valence electrons. The van der Waals surface area contributed by atoms with Crippen molar-refractivity contribution in [2.24, 2.45) is 4.99 Å². The van der Waals surface area contributed by atoms with Crippen LogP contribution < -0.4 is 10.6 Å². The number of ether oxygens (including phenoxy) is 1. The van der Waals surface area contributed by atoms with Crippen molar-refractivity contribution < 1.29 is 13.6 Å². The molecule has 0 radical (unpaired) electrons. The summed E-state index contributed by atoms with van der Waals surface area (Å²) in [6.45, 7) is 6.27. The van der Waals surface area contributed by atoms with Crippen LogP contribution in [0.2, 0.25) is 0 Å². The van der Waals surface area contributed by atoms with Gasteiger partial charge in [-0.25, -0.2) is 0 Å².